The standard InChI is InChI=1S/C17H23NO4/c1-3-21-17(20)14-8-7-11-18(12-14)16(19)13(2)22-15-9-5-4-6-10-15/h4-6,9-10,13-14H,3,7-8,11-12H2,1-2H3/t13-,14+/m0/s1. The molecule has 0 N–H and O–H groups in total. The Labute approximate surface area is 131 Å². The molecule has 1 amide bonds. The third-order valence-electron chi connectivity index (χ3n) is 3.76. The van der Waals surface area contributed by atoms with Crippen molar-refractivity contribution in [3.05, 3.63) is 30.3 Å². The van der Waals surface area contributed by atoms with E-state index in [0.29, 0.717) is 25.4 Å². The van der Waals surface area contributed by atoms with E-state index in [1.807, 2.05) is 30.3 Å². The van der Waals surface area contributed by atoms with Crippen molar-refractivity contribution in [3.63, 3.8) is 0 Å². The fraction of sp³-hybridized carbons (Fsp3) is 0.529. The van der Waals surface area contributed by atoms with Gasteiger partial charge in [-0.1, -0.05) is 18.2 Å². The van der Waals surface area contributed by atoms with Crippen molar-refractivity contribution in [2.24, 2.45) is 5.92 Å². The number of hydrogen-bond donors (Lipinski definition) is 0. The zero-order valence-corrected chi connectivity index (χ0v) is 13.2. The summed E-state index contributed by atoms with van der Waals surface area (Å²) in [6, 6.07) is 9.27. The minimum atomic E-state index is -0.566. The maximum atomic E-state index is 12.5. The molecule has 5 heteroatoms. The first-order valence-corrected chi connectivity index (χ1v) is 7.79. The van der Waals surface area contributed by atoms with Gasteiger partial charge in [0.05, 0.1) is 12.5 Å². The Morgan fingerprint density at radius 1 is 1.32 bits per heavy atom. The second kappa shape index (κ2) is 7.82. The second-order valence-corrected chi connectivity index (χ2v) is 5.45. The number of rotatable bonds is 5. The maximum Gasteiger partial charge on any atom is 0.310 e. The Bertz CT molecular complexity index is 503. The molecule has 1 aliphatic rings. The van der Waals surface area contributed by atoms with Crippen LogP contribution in [-0.2, 0) is 14.3 Å². The van der Waals surface area contributed by atoms with Gasteiger partial charge in [0.1, 0.15) is 5.75 Å². The van der Waals surface area contributed by atoms with E-state index in [9.17, 15) is 9.59 Å². The summed E-state index contributed by atoms with van der Waals surface area (Å²) in [5.74, 6) is 0.151. The van der Waals surface area contributed by atoms with Crippen molar-refractivity contribution >= 4 is 11.9 Å². The predicted octanol–water partition coefficient (Wildman–Crippen LogP) is 2.26. The van der Waals surface area contributed by atoms with Crippen molar-refractivity contribution in [1.29, 1.82) is 0 Å². The normalized spacial score (nSPS) is 19.4. The van der Waals surface area contributed by atoms with E-state index >= 15 is 0 Å². The molecule has 0 spiro atoms. The number of amides is 1. The quantitative estimate of drug-likeness (QED) is 0.783. The number of carbonyl (C=O) groups is 2. The van der Waals surface area contributed by atoms with Crippen molar-refractivity contribution in [2.45, 2.75) is 32.8 Å². The number of benzene rings is 1. The molecule has 0 aliphatic carbocycles. The third-order valence-corrected chi connectivity index (χ3v) is 3.76. The number of para-hydroxylation sites is 1. The molecular formula is C17H23NO4. The fourth-order valence-corrected chi connectivity index (χ4v) is 2.64. The van der Waals surface area contributed by atoms with Crippen LogP contribution in [0.25, 0.3) is 0 Å². The molecule has 1 aliphatic heterocycles. The van der Waals surface area contributed by atoms with Crippen molar-refractivity contribution in [2.75, 3.05) is 19.7 Å². The van der Waals surface area contributed by atoms with Gasteiger partial charge < -0.3 is 14.4 Å². The monoisotopic (exact) mass is 305 g/mol. The molecule has 2 atom stereocenters. The lowest BCUT2D eigenvalue weighted by Crippen LogP contribution is -2.47. The van der Waals surface area contributed by atoms with Gasteiger partial charge in [0, 0.05) is 13.1 Å². The number of nitrogens with zero attached hydrogens (tertiary/aromatic N) is 1. The molecule has 120 valence electrons. The molecule has 0 bridgehead atoms. The summed E-state index contributed by atoms with van der Waals surface area (Å²) in [6.45, 7) is 4.98. The Morgan fingerprint density at radius 2 is 2.05 bits per heavy atom. The summed E-state index contributed by atoms with van der Waals surface area (Å²) in [6.07, 6.45) is 1.02. The van der Waals surface area contributed by atoms with Crippen LogP contribution < -0.4 is 4.74 Å². The van der Waals surface area contributed by atoms with Gasteiger partial charge >= 0.3 is 5.97 Å². The summed E-state index contributed by atoms with van der Waals surface area (Å²) in [4.78, 5) is 26.0. The highest BCUT2D eigenvalue weighted by Crippen LogP contribution is 2.20. The molecule has 1 aromatic rings. The fourth-order valence-electron chi connectivity index (χ4n) is 2.64. The average molecular weight is 305 g/mol. The van der Waals surface area contributed by atoms with E-state index in [4.69, 9.17) is 9.47 Å². The van der Waals surface area contributed by atoms with Gasteiger partial charge in [-0.05, 0) is 38.8 Å². The van der Waals surface area contributed by atoms with E-state index in [0.717, 1.165) is 12.8 Å². The molecule has 1 aromatic carbocycles. The van der Waals surface area contributed by atoms with Crippen LogP contribution in [-0.4, -0.2) is 42.6 Å². The Kier molecular flexibility index (Phi) is 5.81. The minimum Gasteiger partial charge on any atom is -0.481 e. The van der Waals surface area contributed by atoms with Crippen LogP contribution in [0.15, 0.2) is 30.3 Å². The number of esters is 1. The molecule has 0 radical (unpaired) electrons. The molecule has 1 heterocycles. The predicted molar refractivity (Wildman–Crippen MR) is 82.5 cm³/mol. The first-order valence-electron chi connectivity index (χ1n) is 7.79. The minimum absolute atomic E-state index is 0.0853. The highest BCUT2D eigenvalue weighted by molar-refractivity contribution is 5.82. The van der Waals surface area contributed by atoms with Crippen LogP contribution in [0, 0.1) is 5.92 Å². The first-order chi connectivity index (χ1) is 10.6. The number of hydrogen-bond acceptors (Lipinski definition) is 4. The Balaban J connectivity index is 1.92. The zero-order chi connectivity index (χ0) is 15.9. The zero-order valence-electron chi connectivity index (χ0n) is 13.2. The SMILES string of the molecule is CCOC(=O)[C@@H]1CCCN(C(=O)[C@H](C)Oc2ccccc2)C1. The van der Waals surface area contributed by atoms with Crippen LogP contribution in [0.4, 0.5) is 0 Å². The van der Waals surface area contributed by atoms with Gasteiger partial charge in [-0.25, -0.2) is 0 Å². The van der Waals surface area contributed by atoms with E-state index in [2.05, 4.69) is 0 Å². The van der Waals surface area contributed by atoms with Crippen LogP contribution in [0.5, 0.6) is 5.75 Å². The topological polar surface area (TPSA) is 55.8 Å². The number of ether oxygens (including phenoxy) is 2. The lowest BCUT2D eigenvalue weighted by molar-refractivity contribution is -0.152. The second-order valence-electron chi connectivity index (χ2n) is 5.45. The van der Waals surface area contributed by atoms with E-state index < -0.39 is 6.10 Å². The molecular weight excluding hydrogens is 282 g/mol. The summed E-state index contributed by atoms with van der Waals surface area (Å²) >= 11 is 0. The lowest BCUT2D eigenvalue weighted by atomic mass is 9.98. The van der Waals surface area contributed by atoms with Crippen LogP contribution in [0.3, 0.4) is 0 Å². The average Bonchev–Trinajstić information content (AvgIpc) is 2.55. The molecule has 2 rings (SSSR count). The first kappa shape index (κ1) is 16.3. The van der Waals surface area contributed by atoms with Crippen LogP contribution >= 0.6 is 0 Å². The van der Waals surface area contributed by atoms with Gasteiger partial charge in [-0.15, -0.1) is 0 Å². The molecule has 5 nitrogen and oxygen atoms in total. The van der Waals surface area contributed by atoms with E-state index in [1.54, 1.807) is 18.7 Å². The Morgan fingerprint density at radius 3 is 2.73 bits per heavy atom. The largest absolute Gasteiger partial charge is 0.481 e. The summed E-state index contributed by atoms with van der Waals surface area (Å²) in [5, 5.41) is 0. The van der Waals surface area contributed by atoms with Crippen LogP contribution in [0.1, 0.15) is 26.7 Å². The third kappa shape index (κ3) is 4.23. The summed E-state index contributed by atoms with van der Waals surface area (Å²) in [5.41, 5.74) is 0. The van der Waals surface area contributed by atoms with Gasteiger partial charge in [-0.3, -0.25) is 9.59 Å². The highest BCUT2D eigenvalue weighted by Gasteiger charge is 2.31. The number of likely N-dealkylation sites (tertiary alicyclic amines) is 1. The molecule has 0 saturated carbocycles. The van der Waals surface area contributed by atoms with Gasteiger partial charge in [0.15, 0.2) is 6.10 Å². The molecule has 0 aromatic heterocycles. The summed E-state index contributed by atoms with van der Waals surface area (Å²) < 4.78 is 10.7. The molecule has 1 fully saturated rings. The Hall–Kier alpha value is -2.04. The molecule has 0 unspecified atom stereocenters. The number of piperidine rings is 1. The van der Waals surface area contributed by atoms with E-state index in [1.165, 1.54) is 0 Å². The van der Waals surface area contributed by atoms with Gasteiger partial charge in [-0.2, -0.15) is 0 Å². The lowest BCUT2D eigenvalue weighted by Gasteiger charge is -2.33. The van der Waals surface area contributed by atoms with Gasteiger partial charge in [0.2, 0.25) is 0 Å². The molecule has 22 heavy (non-hydrogen) atoms. The van der Waals surface area contributed by atoms with Crippen molar-refractivity contribution in [3.8, 4) is 5.75 Å². The molecule has 1 saturated heterocycles. The van der Waals surface area contributed by atoms with Crippen LogP contribution in [0.2, 0.25) is 0 Å². The maximum absolute atomic E-state index is 12.5. The summed E-state index contributed by atoms with van der Waals surface area (Å²) in [7, 11) is 0. The van der Waals surface area contributed by atoms with Crippen molar-refractivity contribution < 1.29 is 19.1 Å². The highest BCUT2D eigenvalue weighted by atomic mass is 16.5. The van der Waals surface area contributed by atoms with Gasteiger partial charge in [0.25, 0.3) is 5.91 Å². The van der Waals surface area contributed by atoms with Crippen molar-refractivity contribution in [1.82, 2.24) is 4.90 Å². The van der Waals surface area contributed by atoms with E-state index in [-0.39, 0.29) is 17.8 Å². The smallest absolute Gasteiger partial charge is 0.310 e. The number of carbonyl (C=O) groups excluding carboxylic acids is 2.